The molecule has 142 valence electrons. The van der Waals surface area contributed by atoms with Gasteiger partial charge in [-0.3, -0.25) is 9.59 Å². The minimum atomic E-state index is -0.269. The van der Waals surface area contributed by atoms with Gasteiger partial charge in [-0.25, -0.2) is 0 Å². The molecule has 1 amide bonds. The van der Waals surface area contributed by atoms with Gasteiger partial charge < -0.3 is 9.88 Å². The molecule has 0 unspecified atom stereocenters. The summed E-state index contributed by atoms with van der Waals surface area (Å²) < 4.78 is 2.95. The molecule has 0 aliphatic heterocycles. The van der Waals surface area contributed by atoms with Crippen LogP contribution in [0.15, 0.2) is 46.6 Å². The van der Waals surface area contributed by atoms with Crippen molar-refractivity contribution in [3.05, 3.63) is 69.0 Å². The number of carbonyl (C=O) groups is 1. The predicted molar refractivity (Wildman–Crippen MR) is 110 cm³/mol. The molecule has 0 saturated heterocycles. The summed E-state index contributed by atoms with van der Waals surface area (Å²) in [6.07, 6.45) is 0. The zero-order chi connectivity index (χ0) is 19.8. The molecule has 1 N–H and O–H groups in total. The van der Waals surface area contributed by atoms with Crippen molar-refractivity contribution in [1.82, 2.24) is 19.2 Å². The molecule has 0 bridgehead atoms. The van der Waals surface area contributed by atoms with E-state index < -0.39 is 0 Å². The van der Waals surface area contributed by atoms with Crippen LogP contribution < -0.4 is 10.9 Å². The van der Waals surface area contributed by atoms with E-state index in [1.54, 1.807) is 11.5 Å². The summed E-state index contributed by atoms with van der Waals surface area (Å²) in [6, 6.07) is 11.1. The van der Waals surface area contributed by atoms with Crippen LogP contribution in [0.5, 0.6) is 0 Å². The zero-order valence-electron chi connectivity index (χ0n) is 15.8. The molecule has 4 aromatic rings. The van der Waals surface area contributed by atoms with E-state index in [0.717, 1.165) is 21.7 Å². The van der Waals surface area contributed by atoms with Crippen LogP contribution >= 0.6 is 11.3 Å². The van der Waals surface area contributed by atoms with E-state index >= 15 is 0 Å². The first-order valence-corrected chi connectivity index (χ1v) is 9.69. The highest BCUT2D eigenvalue weighted by Gasteiger charge is 2.16. The molecule has 3 heterocycles. The van der Waals surface area contributed by atoms with Crippen LogP contribution in [-0.2, 0) is 11.3 Å². The Labute approximate surface area is 165 Å². The lowest BCUT2D eigenvalue weighted by atomic mass is 10.1. The Hall–Kier alpha value is -3.26. The normalized spacial score (nSPS) is 11.1. The summed E-state index contributed by atoms with van der Waals surface area (Å²) in [5.74, 6) is 0.637. The van der Waals surface area contributed by atoms with Crippen LogP contribution in [0.1, 0.15) is 16.8 Å². The number of hydrogen-bond acceptors (Lipinski definition) is 5. The molecule has 0 fully saturated rings. The lowest BCUT2D eigenvalue weighted by molar-refractivity contribution is -0.116. The number of amides is 1. The highest BCUT2D eigenvalue weighted by Crippen LogP contribution is 2.22. The van der Waals surface area contributed by atoms with Gasteiger partial charge in [-0.1, -0.05) is 24.3 Å². The second-order valence-corrected chi connectivity index (χ2v) is 7.60. The van der Waals surface area contributed by atoms with Crippen LogP contribution in [0.2, 0.25) is 0 Å². The third-order valence-electron chi connectivity index (χ3n) is 4.59. The highest BCUT2D eigenvalue weighted by atomic mass is 32.1. The van der Waals surface area contributed by atoms with Gasteiger partial charge in [0.05, 0.1) is 4.88 Å². The van der Waals surface area contributed by atoms with Crippen molar-refractivity contribution in [2.45, 2.75) is 27.3 Å². The van der Waals surface area contributed by atoms with Gasteiger partial charge in [-0.15, -0.1) is 16.4 Å². The second-order valence-electron chi connectivity index (χ2n) is 6.65. The van der Waals surface area contributed by atoms with E-state index in [9.17, 15) is 9.59 Å². The fraction of sp³-hybridized carbons (Fsp3) is 0.200. The molecular formula is C20H19N5O2S. The Morgan fingerprint density at radius 1 is 1.14 bits per heavy atom. The first-order valence-electron chi connectivity index (χ1n) is 8.81. The maximum Gasteiger partial charge on any atom is 0.275 e. The Morgan fingerprint density at radius 2 is 1.89 bits per heavy atom. The molecule has 0 saturated carbocycles. The molecule has 0 aliphatic rings. The van der Waals surface area contributed by atoms with Gasteiger partial charge in [-0.05, 0) is 43.3 Å². The smallest absolute Gasteiger partial charge is 0.275 e. The quantitative estimate of drug-likeness (QED) is 0.577. The highest BCUT2D eigenvalue weighted by molar-refractivity contribution is 7.13. The molecule has 8 heteroatoms. The number of para-hydroxylation sites is 1. The topological polar surface area (TPSA) is 81.3 Å². The van der Waals surface area contributed by atoms with Crippen molar-refractivity contribution in [1.29, 1.82) is 0 Å². The van der Waals surface area contributed by atoms with E-state index in [2.05, 4.69) is 15.4 Å². The fourth-order valence-corrected chi connectivity index (χ4v) is 3.79. The molecule has 0 radical (unpaired) electrons. The first-order chi connectivity index (χ1) is 13.4. The summed E-state index contributed by atoms with van der Waals surface area (Å²) >= 11 is 1.50. The van der Waals surface area contributed by atoms with Crippen molar-refractivity contribution in [2.75, 3.05) is 5.32 Å². The summed E-state index contributed by atoms with van der Waals surface area (Å²) in [4.78, 5) is 30.5. The van der Waals surface area contributed by atoms with Gasteiger partial charge in [0.1, 0.15) is 6.54 Å². The number of carbonyl (C=O) groups excluding carboxylic acids is 1. The van der Waals surface area contributed by atoms with E-state index in [1.807, 2.05) is 49.6 Å². The lowest BCUT2D eigenvalue weighted by Crippen LogP contribution is -2.26. The molecule has 1 aromatic carbocycles. The summed E-state index contributed by atoms with van der Waals surface area (Å²) in [5, 5.41) is 9.23. The fourth-order valence-electron chi connectivity index (χ4n) is 3.14. The van der Waals surface area contributed by atoms with Gasteiger partial charge in [0.2, 0.25) is 11.7 Å². The molecule has 0 spiro atoms. The monoisotopic (exact) mass is 393 g/mol. The number of anilines is 1. The number of hydrogen-bond donors (Lipinski definition) is 1. The van der Waals surface area contributed by atoms with Crippen molar-refractivity contribution in [3.8, 4) is 10.7 Å². The Balaban J connectivity index is 1.72. The minimum Gasteiger partial charge on any atom is -0.324 e. The van der Waals surface area contributed by atoms with Gasteiger partial charge in [0.15, 0.2) is 5.82 Å². The largest absolute Gasteiger partial charge is 0.324 e. The van der Waals surface area contributed by atoms with Gasteiger partial charge >= 0.3 is 0 Å². The molecule has 4 rings (SSSR count). The van der Waals surface area contributed by atoms with E-state index in [-0.39, 0.29) is 18.0 Å². The average molecular weight is 393 g/mol. The Bertz CT molecular complexity index is 1220. The number of aromatic nitrogens is 4. The van der Waals surface area contributed by atoms with E-state index in [4.69, 9.17) is 0 Å². The molecule has 0 aliphatic carbocycles. The maximum absolute atomic E-state index is 12.7. The van der Waals surface area contributed by atoms with E-state index in [1.165, 1.54) is 21.9 Å². The predicted octanol–water partition coefficient (Wildman–Crippen LogP) is 3.18. The number of benzene rings is 1. The van der Waals surface area contributed by atoms with E-state index in [0.29, 0.717) is 17.3 Å². The molecule has 0 atom stereocenters. The molecule has 7 nitrogen and oxygen atoms in total. The van der Waals surface area contributed by atoms with Crippen LogP contribution in [0.3, 0.4) is 0 Å². The third kappa shape index (κ3) is 3.22. The lowest BCUT2D eigenvalue weighted by Gasteiger charge is -2.14. The zero-order valence-corrected chi connectivity index (χ0v) is 16.6. The SMILES string of the molecule is Cc1cccc(C)c1NC(=O)Cn1c(C)cc(=O)n2nc(-c3cccs3)nc12. The van der Waals surface area contributed by atoms with Gasteiger partial charge in [-0.2, -0.15) is 9.50 Å². The molecule has 28 heavy (non-hydrogen) atoms. The number of nitrogens with zero attached hydrogens (tertiary/aromatic N) is 4. The maximum atomic E-state index is 12.7. The summed E-state index contributed by atoms with van der Waals surface area (Å²) in [7, 11) is 0. The van der Waals surface area contributed by atoms with Crippen LogP contribution in [0.25, 0.3) is 16.5 Å². The third-order valence-corrected chi connectivity index (χ3v) is 5.45. The second kappa shape index (κ2) is 7.05. The number of rotatable bonds is 4. The van der Waals surface area contributed by atoms with Crippen molar-refractivity contribution in [3.63, 3.8) is 0 Å². The number of fused-ring (bicyclic) bond motifs is 1. The van der Waals surface area contributed by atoms with Crippen LogP contribution in [0.4, 0.5) is 5.69 Å². The summed E-state index contributed by atoms with van der Waals surface area (Å²) in [6.45, 7) is 5.73. The Morgan fingerprint density at radius 3 is 2.57 bits per heavy atom. The first kappa shape index (κ1) is 18.1. The molecular weight excluding hydrogens is 374 g/mol. The average Bonchev–Trinajstić information content (AvgIpc) is 3.31. The number of nitrogens with one attached hydrogen (secondary N) is 1. The Kier molecular flexibility index (Phi) is 4.56. The summed E-state index contributed by atoms with van der Waals surface area (Å²) in [5.41, 5.74) is 3.19. The van der Waals surface area contributed by atoms with Crippen molar-refractivity contribution < 1.29 is 4.79 Å². The standard InChI is InChI=1S/C20H19N5O2S/c1-12-6-4-7-13(2)18(12)21-16(26)11-24-14(3)10-17(27)25-20(24)22-19(23-25)15-8-5-9-28-15/h4-10H,11H2,1-3H3,(H,21,26). The van der Waals surface area contributed by atoms with Crippen molar-refractivity contribution in [2.24, 2.45) is 0 Å². The molecule has 3 aromatic heterocycles. The minimum absolute atomic E-state index is 0.0337. The van der Waals surface area contributed by atoms with Crippen molar-refractivity contribution >= 4 is 28.7 Å². The van der Waals surface area contributed by atoms with Crippen LogP contribution in [-0.4, -0.2) is 25.1 Å². The number of aryl methyl sites for hydroxylation is 3. The van der Waals surface area contributed by atoms with Gasteiger partial charge in [0, 0.05) is 17.4 Å². The van der Waals surface area contributed by atoms with Crippen LogP contribution in [0, 0.1) is 20.8 Å². The van der Waals surface area contributed by atoms with Gasteiger partial charge in [0.25, 0.3) is 5.56 Å². The number of thiophene rings is 1.